The van der Waals surface area contributed by atoms with Crippen molar-refractivity contribution in [1.82, 2.24) is 20.4 Å². The summed E-state index contributed by atoms with van der Waals surface area (Å²) >= 11 is 0. The first kappa shape index (κ1) is 13.7. The molecule has 2 aromatic rings. The predicted octanol–water partition coefficient (Wildman–Crippen LogP) is 1.86. The summed E-state index contributed by atoms with van der Waals surface area (Å²) in [6.07, 6.45) is 4.16. The van der Waals surface area contributed by atoms with E-state index in [-0.39, 0.29) is 5.91 Å². The Bertz CT molecular complexity index is 667. The van der Waals surface area contributed by atoms with Crippen LogP contribution in [0.1, 0.15) is 38.1 Å². The van der Waals surface area contributed by atoms with Crippen molar-refractivity contribution in [3.63, 3.8) is 0 Å². The first-order chi connectivity index (χ1) is 10.1. The molecule has 1 N–H and O–H groups in total. The van der Waals surface area contributed by atoms with E-state index in [0.717, 1.165) is 24.1 Å². The van der Waals surface area contributed by atoms with E-state index in [4.69, 9.17) is 4.52 Å². The Hall–Kier alpha value is -2.24. The molecule has 0 saturated carbocycles. The number of amides is 1. The molecule has 0 aromatic carbocycles. The summed E-state index contributed by atoms with van der Waals surface area (Å²) < 4.78 is 5.37. The van der Waals surface area contributed by atoms with Crippen LogP contribution in [0, 0.1) is 0 Å². The van der Waals surface area contributed by atoms with Crippen molar-refractivity contribution < 1.29 is 9.32 Å². The van der Waals surface area contributed by atoms with Crippen molar-refractivity contribution in [1.29, 1.82) is 0 Å². The molecule has 2 aromatic heterocycles. The molecule has 3 rings (SSSR count). The largest absolute Gasteiger partial charge is 0.355 e. The second-order valence-corrected chi connectivity index (χ2v) is 5.48. The van der Waals surface area contributed by atoms with Crippen LogP contribution in [0.25, 0.3) is 11.5 Å². The van der Waals surface area contributed by atoms with Gasteiger partial charge in [0.15, 0.2) is 0 Å². The first-order valence-corrected chi connectivity index (χ1v) is 7.22. The van der Waals surface area contributed by atoms with Crippen molar-refractivity contribution in [2.45, 2.75) is 38.5 Å². The Labute approximate surface area is 123 Å². The molecule has 6 nitrogen and oxygen atoms in total. The van der Waals surface area contributed by atoms with Crippen LogP contribution in [0.4, 0.5) is 0 Å². The summed E-state index contributed by atoms with van der Waals surface area (Å²) in [5.41, 5.74) is 1.03. The fraction of sp³-hybridized carbons (Fsp3) is 0.467. The van der Waals surface area contributed by atoms with Crippen LogP contribution < -0.4 is 5.32 Å². The van der Waals surface area contributed by atoms with Crippen molar-refractivity contribution in [2.75, 3.05) is 6.54 Å². The Morgan fingerprint density at radius 1 is 1.48 bits per heavy atom. The number of pyridine rings is 1. The SMILES string of the molecule is CCc1cccnc1-c1noc(C2(C)CCCNC2=O)n1. The van der Waals surface area contributed by atoms with Crippen LogP contribution in [0.15, 0.2) is 22.9 Å². The highest BCUT2D eigenvalue weighted by atomic mass is 16.5. The summed E-state index contributed by atoms with van der Waals surface area (Å²) in [6.45, 7) is 4.60. The summed E-state index contributed by atoms with van der Waals surface area (Å²) in [5.74, 6) is 0.755. The van der Waals surface area contributed by atoms with E-state index in [1.807, 2.05) is 19.1 Å². The van der Waals surface area contributed by atoms with Crippen molar-refractivity contribution >= 4 is 5.91 Å². The summed E-state index contributed by atoms with van der Waals surface area (Å²) in [6, 6.07) is 3.88. The number of rotatable bonds is 3. The number of nitrogens with one attached hydrogen (secondary N) is 1. The number of aromatic nitrogens is 3. The van der Waals surface area contributed by atoms with Crippen LogP contribution in [-0.4, -0.2) is 27.6 Å². The highest BCUT2D eigenvalue weighted by Crippen LogP contribution is 2.31. The molecule has 3 heterocycles. The van der Waals surface area contributed by atoms with Gasteiger partial charge >= 0.3 is 0 Å². The highest BCUT2D eigenvalue weighted by molar-refractivity contribution is 5.87. The van der Waals surface area contributed by atoms with E-state index < -0.39 is 5.41 Å². The summed E-state index contributed by atoms with van der Waals surface area (Å²) in [7, 11) is 0. The maximum atomic E-state index is 12.1. The van der Waals surface area contributed by atoms with Crippen LogP contribution >= 0.6 is 0 Å². The molecule has 1 aliphatic rings. The minimum absolute atomic E-state index is 0.0549. The van der Waals surface area contributed by atoms with Gasteiger partial charge in [-0.25, -0.2) is 0 Å². The lowest BCUT2D eigenvalue weighted by Gasteiger charge is -2.28. The van der Waals surface area contributed by atoms with Gasteiger partial charge in [-0.3, -0.25) is 9.78 Å². The number of piperidine rings is 1. The smallest absolute Gasteiger partial charge is 0.242 e. The third kappa shape index (κ3) is 2.30. The van der Waals surface area contributed by atoms with Gasteiger partial charge in [-0.15, -0.1) is 0 Å². The van der Waals surface area contributed by atoms with Crippen molar-refractivity contribution in [3.05, 3.63) is 29.8 Å². The van der Waals surface area contributed by atoms with E-state index in [1.165, 1.54) is 0 Å². The zero-order valence-corrected chi connectivity index (χ0v) is 12.2. The van der Waals surface area contributed by atoms with Crippen LogP contribution in [0.2, 0.25) is 0 Å². The van der Waals surface area contributed by atoms with Crippen LogP contribution in [-0.2, 0) is 16.6 Å². The lowest BCUT2D eigenvalue weighted by Crippen LogP contribution is -2.47. The molecular weight excluding hydrogens is 268 g/mol. The number of nitrogens with zero attached hydrogens (tertiary/aromatic N) is 3. The normalized spacial score (nSPS) is 22.1. The number of hydrogen-bond acceptors (Lipinski definition) is 5. The molecule has 1 atom stereocenters. The highest BCUT2D eigenvalue weighted by Gasteiger charge is 2.42. The molecule has 1 saturated heterocycles. The number of carbonyl (C=O) groups is 1. The molecule has 21 heavy (non-hydrogen) atoms. The average Bonchev–Trinajstić information content (AvgIpc) is 3.00. The Balaban J connectivity index is 1.98. The lowest BCUT2D eigenvalue weighted by molar-refractivity contribution is -0.128. The third-order valence-electron chi connectivity index (χ3n) is 4.02. The second kappa shape index (κ2) is 5.27. The minimum atomic E-state index is -0.745. The van der Waals surface area contributed by atoms with E-state index in [2.05, 4.69) is 27.4 Å². The first-order valence-electron chi connectivity index (χ1n) is 7.22. The fourth-order valence-electron chi connectivity index (χ4n) is 2.63. The summed E-state index contributed by atoms with van der Waals surface area (Å²) in [4.78, 5) is 20.9. The topological polar surface area (TPSA) is 80.9 Å². The average molecular weight is 286 g/mol. The maximum absolute atomic E-state index is 12.1. The number of hydrogen-bond donors (Lipinski definition) is 1. The molecule has 1 amide bonds. The van der Waals surface area contributed by atoms with Gasteiger partial charge in [-0.05, 0) is 37.8 Å². The van der Waals surface area contributed by atoms with E-state index in [1.54, 1.807) is 6.20 Å². The van der Waals surface area contributed by atoms with Gasteiger partial charge in [0.25, 0.3) is 0 Å². The number of aryl methyl sites for hydroxylation is 1. The molecule has 0 bridgehead atoms. The predicted molar refractivity (Wildman–Crippen MR) is 76.5 cm³/mol. The monoisotopic (exact) mass is 286 g/mol. The molecule has 0 spiro atoms. The Morgan fingerprint density at radius 2 is 2.33 bits per heavy atom. The van der Waals surface area contributed by atoms with Gasteiger partial charge in [-0.2, -0.15) is 4.98 Å². The summed E-state index contributed by atoms with van der Waals surface area (Å²) in [5, 5.41) is 6.88. The van der Waals surface area contributed by atoms with Gasteiger partial charge in [0.2, 0.25) is 17.6 Å². The number of carbonyl (C=O) groups excluding carboxylic acids is 1. The standard InChI is InChI=1S/C15H18N4O2/c1-3-10-6-4-8-16-11(10)12-18-14(21-19-12)15(2)7-5-9-17-13(15)20/h4,6,8H,3,5,7,9H2,1-2H3,(H,17,20). The quantitative estimate of drug-likeness (QED) is 0.931. The van der Waals surface area contributed by atoms with Gasteiger partial charge in [0.05, 0.1) is 0 Å². The molecular formula is C15H18N4O2. The van der Waals surface area contributed by atoms with Crippen LogP contribution in [0.3, 0.4) is 0 Å². The molecule has 0 radical (unpaired) electrons. The third-order valence-corrected chi connectivity index (χ3v) is 4.02. The Morgan fingerprint density at radius 3 is 3.10 bits per heavy atom. The molecule has 0 aliphatic carbocycles. The minimum Gasteiger partial charge on any atom is -0.355 e. The molecule has 110 valence electrons. The van der Waals surface area contributed by atoms with Gasteiger partial charge in [-0.1, -0.05) is 18.1 Å². The Kier molecular flexibility index (Phi) is 3.45. The molecule has 1 fully saturated rings. The van der Waals surface area contributed by atoms with E-state index in [0.29, 0.717) is 24.7 Å². The molecule has 1 unspecified atom stereocenters. The van der Waals surface area contributed by atoms with Crippen molar-refractivity contribution in [3.8, 4) is 11.5 Å². The molecule has 1 aliphatic heterocycles. The van der Waals surface area contributed by atoms with Gasteiger partial charge in [0.1, 0.15) is 11.1 Å². The van der Waals surface area contributed by atoms with E-state index in [9.17, 15) is 4.79 Å². The van der Waals surface area contributed by atoms with Gasteiger partial charge < -0.3 is 9.84 Å². The van der Waals surface area contributed by atoms with Crippen molar-refractivity contribution in [2.24, 2.45) is 0 Å². The fourth-order valence-corrected chi connectivity index (χ4v) is 2.63. The van der Waals surface area contributed by atoms with Gasteiger partial charge in [0, 0.05) is 12.7 Å². The zero-order chi connectivity index (χ0) is 14.9. The lowest BCUT2D eigenvalue weighted by atomic mass is 9.82. The molecule has 6 heteroatoms. The zero-order valence-electron chi connectivity index (χ0n) is 12.2. The van der Waals surface area contributed by atoms with Crippen LogP contribution in [0.5, 0.6) is 0 Å². The van der Waals surface area contributed by atoms with E-state index >= 15 is 0 Å². The second-order valence-electron chi connectivity index (χ2n) is 5.48. The maximum Gasteiger partial charge on any atom is 0.242 e.